The van der Waals surface area contributed by atoms with Crippen LogP contribution in [-0.2, 0) is 13.0 Å². The largest absolute Gasteiger partial charge is 0.338 e. The van der Waals surface area contributed by atoms with E-state index >= 15 is 0 Å². The third kappa shape index (κ3) is 5.15. The zero-order chi connectivity index (χ0) is 15.8. The lowest BCUT2D eigenvalue weighted by Crippen LogP contribution is -2.40. The van der Waals surface area contributed by atoms with Gasteiger partial charge in [0.15, 0.2) is 0 Å². The van der Waals surface area contributed by atoms with E-state index in [0.717, 1.165) is 35.7 Å². The van der Waals surface area contributed by atoms with Gasteiger partial charge in [0, 0.05) is 31.4 Å². The summed E-state index contributed by atoms with van der Waals surface area (Å²) in [6.07, 6.45) is 1.73. The zero-order valence-corrected chi connectivity index (χ0v) is 14.0. The second-order valence-electron chi connectivity index (χ2n) is 5.25. The molecule has 0 saturated heterocycles. The molecule has 1 aromatic carbocycles. The van der Waals surface area contributed by atoms with Crippen molar-refractivity contribution in [2.75, 3.05) is 13.1 Å². The number of carbonyl (C=O) groups is 1. The first-order valence-corrected chi connectivity index (χ1v) is 8.54. The Balaban J connectivity index is 1.83. The summed E-state index contributed by atoms with van der Waals surface area (Å²) < 4.78 is 0. The van der Waals surface area contributed by atoms with E-state index < -0.39 is 0 Å². The predicted molar refractivity (Wildman–Crippen MR) is 91.1 cm³/mol. The van der Waals surface area contributed by atoms with Crippen molar-refractivity contribution in [1.82, 2.24) is 15.2 Å². The van der Waals surface area contributed by atoms with E-state index in [2.05, 4.69) is 22.6 Å². The number of thiazole rings is 1. The maximum Gasteiger partial charge on any atom is 0.317 e. The second kappa shape index (κ2) is 8.54. The van der Waals surface area contributed by atoms with Gasteiger partial charge in [0.1, 0.15) is 0 Å². The third-order valence-electron chi connectivity index (χ3n) is 3.32. The molecule has 5 heteroatoms. The summed E-state index contributed by atoms with van der Waals surface area (Å²) in [5.41, 5.74) is 2.20. The lowest BCUT2D eigenvalue weighted by atomic mass is 10.2. The van der Waals surface area contributed by atoms with Gasteiger partial charge in [0.2, 0.25) is 0 Å². The van der Waals surface area contributed by atoms with Gasteiger partial charge in [-0.1, -0.05) is 37.3 Å². The van der Waals surface area contributed by atoms with Crippen LogP contribution in [0.2, 0.25) is 0 Å². The SMILES string of the molecule is CCCN(Cc1ccccc1)C(=O)NCCc1csc(C)n1. The summed E-state index contributed by atoms with van der Waals surface area (Å²) in [7, 11) is 0. The standard InChI is InChI=1S/C17H23N3OS/c1-3-11-20(12-15-7-5-4-6-8-15)17(21)18-10-9-16-13-22-14(2)19-16/h4-8,13H,3,9-12H2,1-2H3,(H,18,21). The van der Waals surface area contributed by atoms with E-state index in [9.17, 15) is 4.79 Å². The maximum absolute atomic E-state index is 12.3. The van der Waals surface area contributed by atoms with Crippen molar-refractivity contribution in [2.24, 2.45) is 0 Å². The molecule has 0 fully saturated rings. The Bertz CT molecular complexity index is 583. The first kappa shape index (κ1) is 16.5. The highest BCUT2D eigenvalue weighted by atomic mass is 32.1. The summed E-state index contributed by atoms with van der Waals surface area (Å²) in [5, 5.41) is 6.12. The van der Waals surface area contributed by atoms with Crippen molar-refractivity contribution in [1.29, 1.82) is 0 Å². The van der Waals surface area contributed by atoms with Crippen molar-refractivity contribution in [3.05, 3.63) is 52.0 Å². The molecule has 0 spiro atoms. The van der Waals surface area contributed by atoms with Gasteiger partial charge in [-0.2, -0.15) is 0 Å². The van der Waals surface area contributed by atoms with Crippen LogP contribution in [0.4, 0.5) is 4.79 Å². The molecule has 1 aromatic heterocycles. The molecule has 4 nitrogen and oxygen atoms in total. The molecule has 0 radical (unpaired) electrons. The number of nitrogens with one attached hydrogen (secondary N) is 1. The number of amides is 2. The molecule has 0 saturated carbocycles. The molecule has 2 rings (SSSR count). The Kier molecular flexibility index (Phi) is 6.40. The molecule has 0 atom stereocenters. The minimum Gasteiger partial charge on any atom is -0.338 e. The molecule has 0 aliphatic carbocycles. The predicted octanol–water partition coefficient (Wildman–Crippen LogP) is 3.62. The van der Waals surface area contributed by atoms with Gasteiger partial charge in [0.25, 0.3) is 0 Å². The van der Waals surface area contributed by atoms with Crippen LogP contribution in [0, 0.1) is 6.92 Å². The summed E-state index contributed by atoms with van der Waals surface area (Å²) >= 11 is 1.65. The molecule has 2 amide bonds. The van der Waals surface area contributed by atoms with Crippen LogP contribution in [0.1, 0.15) is 29.6 Å². The van der Waals surface area contributed by atoms with Crippen molar-refractivity contribution in [3.8, 4) is 0 Å². The zero-order valence-electron chi connectivity index (χ0n) is 13.2. The Morgan fingerprint density at radius 1 is 1.32 bits per heavy atom. The summed E-state index contributed by atoms with van der Waals surface area (Å²) in [6, 6.07) is 10.1. The number of nitrogens with zero attached hydrogens (tertiary/aromatic N) is 2. The number of urea groups is 1. The van der Waals surface area contributed by atoms with Gasteiger partial charge in [-0.25, -0.2) is 9.78 Å². The van der Waals surface area contributed by atoms with Gasteiger partial charge in [-0.3, -0.25) is 0 Å². The van der Waals surface area contributed by atoms with Crippen LogP contribution in [0.5, 0.6) is 0 Å². The minimum atomic E-state index is -0.00217. The normalized spacial score (nSPS) is 10.5. The molecule has 2 aromatic rings. The average molecular weight is 317 g/mol. The number of aromatic nitrogens is 1. The topological polar surface area (TPSA) is 45.2 Å². The van der Waals surface area contributed by atoms with Gasteiger partial charge >= 0.3 is 6.03 Å². The quantitative estimate of drug-likeness (QED) is 0.848. The van der Waals surface area contributed by atoms with E-state index in [1.807, 2.05) is 42.2 Å². The molecule has 0 aliphatic heterocycles. The van der Waals surface area contributed by atoms with E-state index in [1.165, 1.54) is 0 Å². The van der Waals surface area contributed by atoms with Crippen LogP contribution >= 0.6 is 11.3 Å². The van der Waals surface area contributed by atoms with Crippen molar-refractivity contribution in [3.63, 3.8) is 0 Å². The highest BCUT2D eigenvalue weighted by Crippen LogP contribution is 2.08. The number of rotatable bonds is 7. The van der Waals surface area contributed by atoms with E-state index in [1.54, 1.807) is 11.3 Å². The number of carbonyl (C=O) groups excluding carboxylic acids is 1. The average Bonchev–Trinajstić information content (AvgIpc) is 2.93. The lowest BCUT2D eigenvalue weighted by molar-refractivity contribution is 0.195. The van der Waals surface area contributed by atoms with Crippen LogP contribution in [0.25, 0.3) is 0 Å². The fraction of sp³-hybridized carbons (Fsp3) is 0.412. The molecular formula is C17H23N3OS. The van der Waals surface area contributed by atoms with Crippen LogP contribution < -0.4 is 5.32 Å². The van der Waals surface area contributed by atoms with E-state index in [-0.39, 0.29) is 6.03 Å². The third-order valence-corrected chi connectivity index (χ3v) is 4.14. The number of aryl methyl sites for hydroxylation is 1. The molecule has 1 N–H and O–H groups in total. The molecule has 0 aliphatic rings. The number of benzene rings is 1. The van der Waals surface area contributed by atoms with Crippen LogP contribution in [0.3, 0.4) is 0 Å². The van der Waals surface area contributed by atoms with Gasteiger partial charge in [0.05, 0.1) is 10.7 Å². The minimum absolute atomic E-state index is 0.00217. The summed E-state index contributed by atoms with van der Waals surface area (Å²) in [5.74, 6) is 0. The van der Waals surface area contributed by atoms with Crippen molar-refractivity contribution < 1.29 is 4.79 Å². The highest BCUT2D eigenvalue weighted by Gasteiger charge is 2.12. The number of hydrogen-bond acceptors (Lipinski definition) is 3. The molecule has 0 bridgehead atoms. The summed E-state index contributed by atoms with van der Waals surface area (Å²) in [6.45, 7) is 6.11. The maximum atomic E-state index is 12.3. The Hall–Kier alpha value is -1.88. The van der Waals surface area contributed by atoms with Crippen molar-refractivity contribution >= 4 is 17.4 Å². The number of hydrogen-bond donors (Lipinski definition) is 1. The Morgan fingerprint density at radius 2 is 2.09 bits per heavy atom. The Morgan fingerprint density at radius 3 is 2.73 bits per heavy atom. The smallest absolute Gasteiger partial charge is 0.317 e. The van der Waals surface area contributed by atoms with Gasteiger partial charge in [-0.05, 0) is 18.9 Å². The molecule has 118 valence electrons. The molecule has 22 heavy (non-hydrogen) atoms. The fourth-order valence-electron chi connectivity index (χ4n) is 2.26. The van der Waals surface area contributed by atoms with Gasteiger partial charge in [-0.15, -0.1) is 11.3 Å². The first-order valence-electron chi connectivity index (χ1n) is 7.66. The van der Waals surface area contributed by atoms with Gasteiger partial charge < -0.3 is 10.2 Å². The van der Waals surface area contributed by atoms with E-state index in [0.29, 0.717) is 13.1 Å². The molecular weight excluding hydrogens is 294 g/mol. The van der Waals surface area contributed by atoms with E-state index in [4.69, 9.17) is 0 Å². The molecule has 1 heterocycles. The van der Waals surface area contributed by atoms with Crippen LogP contribution in [-0.4, -0.2) is 29.0 Å². The Labute approximate surface area is 136 Å². The summed E-state index contributed by atoms with van der Waals surface area (Å²) in [4.78, 5) is 18.6. The monoisotopic (exact) mass is 317 g/mol. The lowest BCUT2D eigenvalue weighted by Gasteiger charge is -2.22. The second-order valence-corrected chi connectivity index (χ2v) is 6.31. The highest BCUT2D eigenvalue weighted by molar-refractivity contribution is 7.09. The van der Waals surface area contributed by atoms with Crippen molar-refractivity contribution in [2.45, 2.75) is 33.2 Å². The molecule has 0 unspecified atom stereocenters. The fourth-order valence-corrected chi connectivity index (χ4v) is 2.91. The van der Waals surface area contributed by atoms with Crippen LogP contribution in [0.15, 0.2) is 35.7 Å². The first-order chi connectivity index (χ1) is 10.7.